The summed E-state index contributed by atoms with van der Waals surface area (Å²) < 4.78 is 18.3. The minimum atomic E-state index is -0.180. The molecule has 0 radical (unpaired) electrons. The summed E-state index contributed by atoms with van der Waals surface area (Å²) in [7, 11) is 0. The molecule has 0 aromatic heterocycles. The molecule has 1 unspecified atom stereocenters. The maximum absolute atomic E-state index is 12.8. The lowest BCUT2D eigenvalue weighted by Gasteiger charge is -2.16. The zero-order valence-corrected chi connectivity index (χ0v) is 10.3. The molecule has 0 bridgehead atoms. The summed E-state index contributed by atoms with van der Waals surface area (Å²) in [6.45, 7) is 3.96. The van der Waals surface area contributed by atoms with E-state index in [-0.39, 0.29) is 11.9 Å². The van der Waals surface area contributed by atoms with Crippen LogP contribution in [0.5, 0.6) is 0 Å². The second kappa shape index (κ2) is 6.12. The minimum absolute atomic E-state index is 0.180. The van der Waals surface area contributed by atoms with Gasteiger partial charge in [0.2, 0.25) is 0 Å². The van der Waals surface area contributed by atoms with Crippen LogP contribution in [0, 0.1) is 5.82 Å². The maximum atomic E-state index is 12.8. The molecule has 1 aromatic carbocycles. The molecule has 3 heteroatoms. The van der Waals surface area contributed by atoms with E-state index in [1.54, 1.807) is 0 Å². The van der Waals surface area contributed by atoms with E-state index < -0.39 is 0 Å². The van der Waals surface area contributed by atoms with Gasteiger partial charge in [-0.2, -0.15) is 0 Å². The average Bonchev–Trinajstić information content (AvgIpc) is 2.83. The quantitative estimate of drug-likeness (QED) is 0.850. The van der Waals surface area contributed by atoms with Crippen molar-refractivity contribution < 1.29 is 9.13 Å². The molecule has 1 aliphatic rings. The number of hydrogen-bond donors (Lipinski definition) is 1. The molecule has 0 aliphatic carbocycles. The lowest BCUT2D eigenvalue weighted by Crippen LogP contribution is -2.23. The highest BCUT2D eigenvalue weighted by Gasteiger charge is 2.15. The third-order valence-electron chi connectivity index (χ3n) is 3.31. The Kier molecular flexibility index (Phi) is 4.51. The summed E-state index contributed by atoms with van der Waals surface area (Å²) in [5, 5.41) is 3.44. The molecular formula is C14H20FNO. The fourth-order valence-corrected chi connectivity index (χ4v) is 2.20. The molecule has 1 saturated heterocycles. The van der Waals surface area contributed by atoms with Crippen LogP contribution in [0.15, 0.2) is 24.3 Å². The van der Waals surface area contributed by atoms with E-state index in [2.05, 4.69) is 12.2 Å². The number of halogens is 1. The van der Waals surface area contributed by atoms with E-state index in [1.807, 2.05) is 12.1 Å². The van der Waals surface area contributed by atoms with Gasteiger partial charge in [-0.05, 0) is 50.4 Å². The first-order chi connectivity index (χ1) is 8.25. The maximum Gasteiger partial charge on any atom is 0.123 e. The van der Waals surface area contributed by atoms with E-state index >= 15 is 0 Å². The van der Waals surface area contributed by atoms with Crippen LogP contribution in [-0.2, 0) is 4.74 Å². The highest BCUT2D eigenvalue weighted by molar-refractivity contribution is 5.19. The van der Waals surface area contributed by atoms with Gasteiger partial charge in [0.1, 0.15) is 5.82 Å². The van der Waals surface area contributed by atoms with Gasteiger partial charge in [0, 0.05) is 12.6 Å². The molecule has 2 nitrogen and oxygen atoms in total. The monoisotopic (exact) mass is 237 g/mol. The number of hydrogen-bond acceptors (Lipinski definition) is 2. The Morgan fingerprint density at radius 1 is 1.41 bits per heavy atom. The molecule has 94 valence electrons. The summed E-state index contributed by atoms with van der Waals surface area (Å²) in [4.78, 5) is 0. The second-order valence-electron chi connectivity index (χ2n) is 4.65. The van der Waals surface area contributed by atoms with Crippen molar-refractivity contribution in [1.29, 1.82) is 0 Å². The highest BCUT2D eigenvalue weighted by Crippen LogP contribution is 2.16. The van der Waals surface area contributed by atoms with Crippen LogP contribution < -0.4 is 5.32 Å². The van der Waals surface area contributed by atoms with Gasteiger partial charge in [0.05, 0.1) is 6.10 Å². The van der Waals surface area contributed by atoms with Gasteiger partial charge in [0.15, 0.2) is 0 Å². The van der Waals surface area contributed by atoms with Gasteiger partial charge in [0.25, 0.3) is 0 Å². The van der Waals surface area contributed by atoms with E-state index in [0.29, 0.717) is 6.10 Å². The van der Waals surface area contributed by atoms with Crippen LogP contribution in [0.1, 0.15) is 37.8 Å². The molecule has 1 fully saturated rings. The number of nitrogens with one attached hydrogen (secondary N) is 1. The van der Waals surface area contributed by atoms with Gasteiger partial charge in [-0.1, -0.05) is 12.1 Å². The summed E-state index contributed by atoms with van der Waals surface area (Å²) in [6.07, 6.45) is 3.87. The Hall–Kier alpha value is -0.930. The Bertz CT molecular complexity index is 333. The molecule has 0 spiro atoms. The summed E-state index contributed by atoms with van der Waals surface area (Å²) in [5.74, 6) is -0.180. The summed E-state index contributed by atoms with van der Waals surface area (Å²) in [6, 6.07) is 6.94. The van der Waals surface area contributed by atoms with Crippen molar-refractivity contribution in [2.45, 2.75) is 38.3 Å². The largest absolute Gasteiger partial charge is 0.378 e. The zero-order valence-electron chi connectivity index (χ0n) is 10.3. The molecule has 1 N–H and O–H groups in total. The summed E-state index contributed by atoms with van der Waals surface area (Å²) >= 11 is 0. The van der Waals surface area contributed by atoms with E-state index in [1.165, 1.54) is 25.0 Å². The van der Waals surface area contributed by atoms with Crippen LogP contribution in [-0.4, -0.2) is 19.3 Å². The normalized spacial score (nSPS) is 21.6. The predicted octanol–water partition coefficient (Wildman–Crippen LogP) is 3.05. The number of ether oxygens (including phenoxy) is 1. The molecular weight excluding hydrogens is 217 g/mol. The highest BCUT2D eigenvalue weighted by atomic mass is 19.1. The third kappa shape index (κ3) is 3.79. The van der Waals surface area contributed by atoms with Crippen LogP contribution in [0.2, 0.25) is 0 Å². The third-order valence-corrected chi connectivity index (χ3v) is 3.31. The zero-order chi connectivity index (χ0) is 12.1. The molecule has 2 rings (SSSR count). The Balaban J connectivity index is 1.72. The fraction of sp³-hybridized carbons (Fsp3) is 0.571. The smallest absolute Gasteiger partial charge is 0.123 e. The number of benzene rings is 1. The van der Waals surface area contributed by atoms with Crippen LogP contribution in [0.3, 0.4) is 0 Å². The van der Waals surface area contributed by atoms with Crippen molar-refractivity contribution in [1.82, 2.24) is 5.32 Å². The topological polar surface area (TPSA) is 21.3 Å². The molecule has 17 heavy (non-hydrogen) atoms. The SMILES string of the molecule is C[C@H](NCCC1CCCO1)c1ccc(F)cc1. The fourth-order valence-electron chi connectivity index (χ4n) is 2.20. The van der Waals surface area contributed by atoms with Crippen LogP contribution in [0.25, 0.3) is 0 Å². The Labute approximate surface area is 102 Å². The lowest BCUT2D eigenvalue weighted by atomic mass is 10.1. The Morgan fingerprint density at radius 2 is 2.18 bits per heavy atom. The van der Waals surface area contributed by atoms with Gasteiger partial charge < -0.3 is 10.1 Å². The first kappa shape index (κ1) is 12.5. The first-order valence-corrected chi connectivity index (χ1v) is 6.36. The number of rotatable bonds is 5. The van der Waals surface area contributed by atoms with E-state index in [9.17, 15) is 4.39 Å². The molecule has 1 aromatic rings. The van der Waals surface area contributed by atoms with Crippen molar-refractivity contribution in [3.63, 3.8) is 0 Å². The standard InChI is InChI=1S/C14H20FNO/c1-11(12-4-6-13(15)7-5-12)16-9-8-14-3-2-10-17-14/h4-7,11,14,16H,2-3,8-10H2,1H3/t11-,14?/m0/s1. The molecule has 1 aliphatic heterocycles. The van der Waals surface area contributed by atoms with Crippen molar-refractivity contribution >= 4 is 0 Å². The van der Waals surface area contributed by atoms with Gasteiger partial charge in [-0.15, -0.1) is 0 Å². The molecule has 0 saturated carbocycles. The van der Waals surface area contributed by atoms with Gasteiger partial charge >= 0.3 is 0 Å². The molecule has 2 atom stereocenters. The predicted molar refractivity (Wildman–Crippen MR) is 66.4 cm³/mol. The molecule has 0 amide bonds. The van der Waals surface area contributed by atoms with Crippen molar-refractivity contribution in [3.8, 4) is 0 Å². The van der Waals surface area contributed by atoms with Gasteiger partial charge in [-0.25, -0.2) is 4.39 Å². The average molecular weight is 237 g/mol. The van der Waals surface area contributed by atoms with Gasteiger partial charge in [-0.3, -0.25) is 0 Å². The molecule has 1 heterocycles. The van der Waals surface area contributed by atoms with Crippen LogP contribution in [0.4, 0.5) is 4.39 Å². The van der Waals surface area contributed by atoms with E-state index in [0.717, 1.165) is 25.1 Å². The van der Waals surface area contributed by atoms with Crippen molar-refractivity contribution in [3.05, 3.63) is 35.6 Å². The lowest BCUT2D eigenvalue weighted by molar-refractivity contribution is 0.103. The van der Waals surface area contributed by atoms with Crippen molar-refractivity contribution in [2.75, 3.05) is 13.2 Å². The first-order valence-electron chi connectivity index (χ1n) is 6.36. The second-order valence-corrected chi connectivity index (χ2v) is 4.65. The minimum Gasteiger partial charge on any atom is -0.378 e. The van der Waals surface area contributed by atoms with Crippen molar-refractivity contribution in [2.24, 2.45) is 0 Å². The Morgan fingerprint density at radius 3 is 2.82 bits per heavy atom. The summed E-state index contributed by atoms with van der Waals surface area (Å²) in [5.41, 5.74) is 1.12. The van der Waals surface area contributed by atoms with Crippen LogP contribution >= 0.6 is 0 Å². The van der Waals surface area contributed by atoms with E-state index in [4.69, 9.17) is 4.74 Å².